The fraction of sp³-hybridized carbons (Fsp3) is 0.500. The molecule has 0 saturated heterocycles. The lowest BCUT2D eigenvalue weighted by molar-refractivity contribution is -0.136. The van der Waals surface area contributed by atoms with E-state index in [4.69, 9.17) is 9.53 Å². The topological polar surface area (TPSA) is 125 Å². The molecular formula is C26H40N2O6SSi. The number of hydrogen-bond acceptors (Lipinski definition) is 6. The maximum absolute atomic E-state index is 11.8. The molecule has 0 spiro atoms. The van der Waals surface area contributed by atoms with E-state index in [2.05, 4.69) is 50.8 Å². The molecule has 2 aromatic carbocycles. The van der Waals surface area contributed by atoms with Crippen LogP contribution in [0, 0.1) is 0 Å². The quantitative estimate of drug-likeness (QED) is 0.229. The average Bonchev–Trinajstić information content (AvgIpc) is 2.70. The van der Waals surface area contributed by atoms with Crippen molar-refractivity contribution in [3.8, 4) is 5.75 Å². The zero-order valence-corrected chi connectivity index (χ0v) is 24.1. The second-order valence-corrected chi connectivity index (χ2v) is 17.4. The van der Waals surface area contributed by atoms with Gasteiger partial charge in [-0.05, 0) is 60.3 Å². The van der Waals surface area contributed by atoms with Crippen molar-refractivity contribution in [3.05, 3.63) is 59.2 Å². The fourth-order valence-electron chi connectivity index (χ4n) is 3.57. The number of rotatable bonds is 12. The fourth-order valence-corrected chi connectivity index (χ4v) is 5.42. The van der Waals surface area contributed by atoms with Gasteiger partial charge in [0, 0.05) is 12.6 Å². The van der Waals surface area contributed by atoms with Crippen molar-refractivity contribution < 1.29 is 27.9 Å². The molecule has 8 nitrogen and oxygen atoms in total. The number of aromatic hydroxyl groups is 1. The maximum Gasteiger partial charge on any atom is 0.307 e. The van der Waals surface area contributed by atoms with E-state index in [0.29, 0.717) is 13.0 Å². The first-order chi connectivity index (χ1) is 16.5. The van der Waals surface area contributed by atoms with Crippen LogP contribution in [0.25, 0.3) is 0 Å². The predicted molar refractivity (Wildman–Crippen MR) is 147 cm³/mol. The molecule has 0 fully saturated rings. The third kappa shape index (κ3) is 9.23. The normalized spacial score (nSPS) is 14.3. The summed E-state index contributed by atoms with van der Waals surface area (Å²) in [6.45, 7) is 13.3. The van der Waals surface area contributed by atoms with E-state index in [1.165, 1.54) is 6.07 Å². The Morgan fingerprint density at radius 1 is 1.11 bits per heavy atom. The van der Waals surface area contributed by atoms with Crippen LogP contribution in [-0.2, 0) is 32.1 Å². The van der Waals surface area contributed by atoms with Gasteiger partial charge in [-0.1, -0.05) is 51.1 Å². The summed E-state index contributed by atoms with van der Waals surface area (Å²) in [5.74, 6) is -1.01. The zero-order chi connectivity index (χ0) is 27.3. The molecule has 0 heterocycles. The molecule has 2 rings (SSSR count). The van der Waals surface area contributed by atoms with Gasteiger partial charge >= 0.3 is 5.97 Å². The summed E-state index contributed by atoms with van der Waals surface area (Å²) in [7, 11) is -5.76. The number of carboxylic acid groups (broad SMARTS) is 1. The van der Waals surface area contributed by atoms with Crippen LogP contribution in [0.4, 0.5) is 5.69 Å². The summed E-state index contributed by atoms with van der Waals surface area (Å²) >= 11 is 0. The number of hydrogen-bond donors (Lipinski definition) is 4. The monoisotopic (exact) mass is 536 g/mol. The first-order valence-electron chi connectivity index (χ1n) is 12.0. The predicted octanol–water partition coefficient (Wildman–Crippen LogP) is 4.67. The molecular weight excluding hydrogens is 496 g/mol. The average molecular weight is 537 g/mol. The highest BCUT2D eigenvalue weighted by Gasteiger charge is 2.39. The third-order valence-corrected chi connectivity index (χ3v) is 11.5. The Balaban J connectivity index is 2.25. The number of benzene rings is 2. The van der Waals surface area contributed by atoms with Crippen LogP contribution >= 0.6 is 0 Å². The van der Waals surface area contributed by atoms with E-state index in [9.17, 15) is 18.3 Å². The highest BCUT2D eigenvalue weighted by molar-refractivity contribution is 7.92. The van der Waals surface area contributed by atoms with Crippen LogP contribution in [0.3, 0.4) is 0 Å². The summed E-state index contributed by atoms with van der Waals surface area (Å²) in [5.41, 5.74) is 2.68. The molecule has 200 valence electrons. The van der Waals surface area contributed by atoms with Crippen molar-refractivity contribution in [2.75, 3.05) is 17.5 Å². The minimum Gasteiger partial charge on any atom is -0.506 e. The highest BCUT2D eigenvalue weighted by atomic mass is 32.2. The summed E-state index contributed by atoms with van der Waals surface area (Å²) in [4.78, 5) is 11.0. The number of carbonyl (C=O) groups is 1. The summed E-state index contributed by atoms with van der Waals surface area (Å²) in [6, 6.07) is 12.5. The summed E-state index contributed by atoms with van der Waals surface area (Å²) in [5, 5.41) is 22.7. The lowest BCUT2D eigenvalue weighted by Gasteiger charge is -2.40. The molecule has 2 aromatic rings. The summed E-state index contributed by atoms with van der Waals surface area (Å²) in [6.07, 6.45) is 1.36. The number of phenols is 1. The van der Waals surface area contributed by atoms with Crippen LogP contribution in [-0.4, -0.2) is 51.8 Å². The van der Waals surface area contributed by atoms with Gasteiger partial charge in [0.05, 0.1) is 24.5 Å². The smallest absolute Gasteiger partial charge is 0.307 e. The molecule has 0 aliphatic rings. The van der Waals surface area contributed by atoms with Gasteiger partial charge in [-0.15, -0.1) is 0 Å². The molecule has 0 aliphatic carbocycles. The lowest BCUT2D eigenvalue weighted by atomic mass is 10.0. The summed E-state index contributed by atoms with van der Waals surface area (Å²) < 4.78 is 32.6. The minimum atomic E-state index is -3.57. The zero-order valence-electron chi connectivity index (χ0n) is 22.3. The van der Waals surface area contributed by atoms with Crippen LogP contribution in [0.5, 0.6) is 5.75 Å². The number of carboxylic acids is 1. The van der Waals surface area contributed by atoms with E-state index in [1.54, 1.807) is 12.1 Å². The lowest BCUT2D eigenvalue weighted by Crippen LogP contribution is -2.44. The Morgan fingerprint density at radius 2 is 1.75 bits per heavy atom. The van der Waals surface area contributed by atoms with Crippen molar-refractivity contribution in [2.24, 2.45) is 0 Å². The number of nitrogens with one attached hydrogen (secondary N) is 2. The Hall–Kier alpha value is -2.40. The molecule has 0 aromatic heterocycles. The van der Waals surface area contributed by atoms with E-state index in [1.807, 2.05) is 24.3 Å². The van der Waals surface area contributed by atoms with Crippen molar-refractivity contribution in [2.45, 2.75) is 70.8 Å². The molecule has 4 N–H and O–H groups in total. The molecule has 0 radical (unpaired) electrons. The number of sulfonamides is 1. The van der Waals surface area contributed by atoms with Gasteiger partial charge in [-0.2, -0.15) is 0 Å². The van der Waals surface area contributed by atoms with Gasteiger partial charge in [0.15, 0.2) is 8.32 Å². The standard InChI is InChI=1S/C26H40N2O6SSi/c1-18(13-19-9-8-10-20(14-19)15-25(30)31)27-17-24(34-36(6,7)26(2,3)4)21-11-12-23(29)22(16-21)28-35(5,32)33/h8-12,14,16,18,24,27-29H,13,15,17H2,1-7H3,(H,30,31)/t18-,24-/m1/s1. The second kappa shape index (κ2) is 11.8. The van der Waals surface area contributed by atoms with Gasteiger partial charge in [-0.3, -0.25) is 9.52 Å². The first kappa shape index (κ1) is 29.8. The maximum atomic E-state index is 11.8. The molecule has 0 unspecified atom stereocenters. The Kier molecular flexibility index (Phi) is 9.75. The molecule has 2 atom stereocenters. The second-order valence-electron chi connectivity index (χ2n) is 10.9. The molecule has 0 bridgehead atoms. The van der Waals surface area contributed by atoms with Crippen LogP contribution < -0.4 is 10.0 Å². The van der Waals surface area contributed by atoms with Gasteiger partial charge in [0.1, 0.15) is 5.75 Å². The SMILES string of the molecule is C[C@H](Cc1cccc(CC(=O)O)c1)NC[C@@H](O[Si](C)(C)C(C)(C)C)c1ccc(O)c(NS(C)(=O)=O)c1. The van der Waals surface area contributed by atoms with Gasteiger partial charge in [0.2, 0.25) is 10.0 Å². The van der Waals surface area contributed by atoms with Crippen molar-refractivity contribution >= 4 is 30.0 Å². The molecule has 10 heteroatoms. The Bertz CT molecular complexity index is 1160. The number of aliphatic carboxylic acids is 1. The van der Waals surface area contributed by atoms with Gasteiger partial charge < -0.3 is 20.0 Å². The van der Waals surface area contributed by atoms with Crippen LogP contribution in [0.2, 0.25) is 18.1 Å². The Morgan fingerprint density at radius 3 is 2.33 bits per heavy atom. The van der Waals surface area contributed by atoms with Crippen molar-refractivity contribution in [3.63, 3.8) is 0 Å². The van der Waals surface area contributed by atoms with E-state index in [-0.39, 0.29) is 35.0 Å². The molecule has 0 saturated carbocycles. The van der Waals surface area contributed by atoms with Crippen LogP contribution in [0.1, 0.15) is 50.5 Å². The van der Waals surface area contributed by atoms with Gasteiger partial charge in [0.25, 0.3) is 0 Å². The highest BCUT2D eigenvalue weighted by Crippen LogP contribution is 2.40. The number of phenolic OH excluding ortho intramolecular Hbond substituents is 1. The van der Waals surface area contributed by atoms with Crippen LogP contribution in [0.15, 0.2) is 42.5 Å². The third-order valence-electron chi connectivity index (χ3n) is 6.47. The van der Waals surface area contributed by atoms with Gasteiger partial charge in [-0.25, -0.2) is 8.42 Å². The van der Waals surface area contributed by atoms with Crippen molar-refractivity contribution in [1.82, 2.24) is 5.32 Å². The van der Waals surface area contributed by atoms with E-state index >= 15 is 0 Å². The minimum absolute atomic E-state index is 0.0111. The molecule has 0 amide bonds. The molecule has 36 heavy (non-hydrogen) atoms. The first-order valence-corrected chi connectivity index (χ1v) is 16.8. The Labute approximate surface area is 216 Å². The molecule has 0 aliphatic heterocycles. The van der Waals surface area contributed by atoms with E-state index in [0.717, 1.165) is 22.9 Å². The largest absolute Gasteiger partial charge is 0.506 e. The van der Waals surface area contributed by atoms with E-state index < -0.39 is 24.3 Å². The number of anilines is 1. The van der Waals surface area contributed by atoms with Crippen molar-refractivity contribution in [1.29, 1.82) is 0 Å².